The predicted molar refractivity (Wildman–Crippen MR) is 72.2 cm³/mol. The lowest BCUT2D eigenvalue weighted by Gasteiger charge is -2.18. The van der Waals surface area contributed by atoms with Crippen LogP contribution >= 0.6 is 0 Å². The third-order valence-electron chi connectivity index (χ3n) is 2.12. The summed E-state index contributed by atoms with van der Waals surface area (Å²) in [6, 6.07) is 1.69. The summed E-state index contributed by atoms with van der Waals surface area (Å²) >= 11 is 0. The second kappa shape index (κ2) is 6.22. The smallest absolute Gasteiger partial charge is 0.331 e. The Hall–Kier alpha value is -2.04. The first kappa shape index (κ1) is 15.0. The average Bonchev–Trinajstić information content (AvgIpc) is 2.33. The summed E-state index contributed by atoms with van der Waals surface area (Å²) in [6.07, 6.45) is 4.47. The summed E-state index contributed by atoms with van der Waals surface area (Å²) in [7, 11) is 3.05. The number of hydrogen-bond donors (Lipinski definition) is 0. The number of carbonyl (C=O) groups is 1. The van der Waals surface area contributed by atoms with Gasteiger partial charge in [-0.25, -0.2) is 9.78 Å². The van der Waals surface area contributed by atoms with E-state index in [4.69, 9.17) is 14.2 Å². The van der Waals surface area contributed by atoms with E-state index in [9.17, 15) is 4.79 Å². The van der Waals surface area contributed by atoms with Crippen LogP contribution in [0.4, 0.5) is 0 Å². The molecule has 0 saturated carbocycles. The molecule has 0 aliphatic carbocycles. The zero-order valence-corrected chi connectivity index (χ0v) is 11.9. The molecule has 0 atom stereocenters. The van der Waals surface area contributed by atoms with Gasteiger partial charge in [0.25, 0.3) is 0 Å². The van der Waals surface area contributed by atoms with Crippen LogP contribution in [0, 0.1) is 0 Å². The zero-order chi connectivity index (χ0) is 14.5. The Morgan fingerprint density at radius 1 is 1.26 bits per heavy atom. The average molecular weight is 265 g/mol. The van der Waals surface area contributed by atoms with Gasteiger partial charge in [0.2, 0.25) is 5.88 Å². The molecule has 0 fully saturated rings. The van der Waals surface area contributed by atoms with Crippen molar-refractivity contribution in [3.8, 4) is 11.6 Å². The Morgan fingerprint density at radius 2 is 1.95 bits per heavy atom. The number of pyridine rings is 1. The van der Waals surface area contributed by atoms with Crippen LogP contribution in [0.2, 0.25) is 0 Å². The summed E-state index contributed by atoms with van der Waals surface area (Å²) in [5.41, 5.74) is 0.0724. The van der Waals surface area contributed by atoms with Crippen molar-refractivity contribution in [2.45, 2.75) is 26.4 Å². The molecular formula is C14H19NO4. The van der Waals surface area contributed by atoms with Crippen LogP contribution in [0.5, 0.6) is 11.6 Å². The number of aromatic nitrogens is 1. The minimum atomic E-state index is -0.523. The SMILES string of the molecule is COc1ccnc(OC)c1/C=C/C(=O)OC(C)(C)C. The summed E-state index contributed by atoms with van der Waals surface area (Å²) in [5, 5.41) is 0. The Morgan fingerprint density at radius 3 is 2.47 bits per heavy atom. The van der Waals surface area contributed by atoms with E-state index < -0.39 is 11.6 Å². The first-order chi connectivity index (χ1) is 8.87. The monoisotopic (exact) mass is 265 g/mol. The Balaban J connectivity index is 2.95. The molecule has 0 unspecified atom stereocenters. The summed E-state index contributed by atoms with van der Waals surface area (Å²) < 4.78 is 15.5. The first-order valence-corrected chi connectivity index (χ1v) is 5.85. The maximum atomic E-state index is 11.6. The second-order valence-electron chi connectivity index (χ2n) is 4.80. The van der Waals surface area contributed by atoms with E-state index >= 15 is 0 Å². The largest absolute Gasteiger partial charge is 0.496 e. The van der Waals surface area contributed by atoms with Crippen LogP contribution in [0.25, 0.3) is 6.08 Å². The van der Waals surface area contributed by atoms with Crippen LogP contribution in [0.3, 0.4) is 0 Å². The maximum Gasteiger partial charge on any atom is 0.331 e. The molecule has 0 bridgehead atoms. The van der Waals surface area contributed by atoms with Crippen LogP contribution in [-0.4, -0.2) is 30.8 Å². The molecule has 0 aromatic carbocycles. The van der Waals surface area contributed by atoms with Crippen LogP contribution in [-0.2, 0) is 9.53 Å². The highest BCUT2D eigenvalue weighted by Crippen LogP contribution is 2.27. The van der Waals surface area contributed by atoms with Gasteiger partial charge in [0.15, 0.2) is 0 Å². The number of rotatable bonds is 4. The topological polar surface area (TPSA) is 57.7 Å². The number of hydrogen-bond acceptors (Lipinski definition) is 5. The lowest BCUT2D eigenvalue weighted by molar-refractivity contribution is -0.148. The lowest BCUT2D eigenvalue weighted by atomic mass is 10.2. The molecule has 0 aliphatic heterocycles. The van der Waals surface area contributed by atoms with E-state index in [0.717, 1.165) is 0 Å². The molecule has 5 heteroatoms. The minimum Gasteiger partial charge on any atom is -0.496 e. The zero-order valence-electron chi connectivity index (χ0n) is 11.9. The molecule has 0 radical (unpaired) electrons. The van der Waals surface area contributed by atoms with Crippen LogP contribution in [0.1, 0.15) is 26.3 Å². The first-order valence-electron chi connectivity index (χ1n) is 5.85. The molecule has 0 N–H and O–H groups in total. The van der Waals surface area contributed by atoms with Gasteiger partial charge in [0.05, 0.1) is 19.8 Å². The number of nitrogens with zero attached hydrogens (tertiary/aromatic N) is 1. The fraction of sp³-hybridized carbons (Fsp3) is 0.429. The number of carbonyl (C=O) groups excluding carboxylic acids is 1. The van der Waals surface area contributed by atoms with E-state index in [1.807, 2.05) is 20.8 Å². The van der Waals surface area contributed by atoms with Gasteiger partial charge in [-0.15, -0.1) is 0 Å². The normalized spacial score (nSPS) is 11.4. The molecule has 19 heavy (non-hydrogen) atoms. The van der Waals surface area contributed by atoms with Crippen molar-refractivity contribution < 1.29 is 19.0 Å². The fourth-order valence-corrected chi connectivity index (χ4v) is 1.42. The molecule has 104 valence electrons. The van der Waals surface area contributed by atoms with E-state index in [1.54, 1.807) is 25.4 Å². The quantitative estimate of drug-likeness (QED) is 0.618. The number of esters is 1. The van der Waals surface area contributed by atoms with Crippen molar-refractivity contribution in [1.82, 2.24) is 4.98 Å². The van der Waals surface area contributed by atoms with Gasteiger partial charge in [0, 0.05) is 12.3 Å². The Kier molecular flexibility index (Phi) is 4.92. The highest BCUT2D eigenvalue weighted by Gasteiger charge is 2.15. The van der Waals surface area contributed by atoms with E-state index in [2.05, 4.69) is 4.98 Å². The molecule has 0 spiro atoms. The van der Waals surface area contributed by atoms with Gasteiger partial charge in [0.1, 0.15) is 11.4 Å². The molecule has 0 amide bonds. The van der Waals surface area contributed by atoms with Crippen molar-refractivity contribution in [2.24, 2.45) is 0 Å². The van der Waals surface area contributed by atoms with Gasteiger partial charge in [-0.2, -0.15) is 0 Å². The van der Waals surface area contributed by atoms with Crippen molar-refractivity contribution in [1.29, 1.82) is 0 Å². The molecule has 5 nitrogen and oxygen atoms in total. The Bertz CT molecular complexity index is 453. The van der Waals surface area contributed by atoms with Gasteiger partial charge in [-0.3, -0.25) is 0 Å². The van der Waals surface area contributed by atoms with Gasteiger partial charge >= 0.3 is 5.97 Å². The molecular weight excluding hydrogens is 246 g/mol. The van der Waals surface area contributed by atoms with Crippen LogP contribution < -0.4 is 9.47 Å². The third-order valence-corrected chi connectivity index (χ3v) is 2.12. The van der Waals surface area contributed by atoms with E-state index in [-0.39, 0.29) is 0 Å². The molecule has 1 aromatic heterocycles. The maximum absolute atomic E-state index is 11.6. The summed E-state index contributed by atoms with van der Waals surface area (Å²) in [6.45, 7) is 5.43. The van der Waals surface area contributed by atoms with Gasteiger partial charge in [-0.05, 0) is 32.9 Å². The fourth-order valence-electron chi connectivity index (χ4n) is 1.42. The highest BCUT2D eigenvalue weighted by molar-refractivity contribution is 5.88. The van der Waals surface area contributed by atoms with Gasteiger partial charge < -0.3 is 14.2 Å². The second-order valence-corrected chi connectivity index (χ2v) is 4.80. The lowest BCUT2D eigenvalue weighted by Crippen LogP contribution is -2.22. The third kappa shape index (κ3) is 4.62. The predicted octanol–water partition coefficient (Wildman–Crippen LogP) is 2.45. The summed E-state index contributed by atoms with van der Waals surface area (Å²) in [4.78, 5) is 15.7. The number of methoxy groups -OCH3 is 2. The van der Waals surface area contributed by atoms with Gasteiger partial charge in [-0.1, -0.05) is 0 Å². The molecule has 1 rings (SSSR count). The summed E-state index contributed by atoms with van der Waals surface area (Å²) in [5.74, 6) is 0.534. The standard InChI is InChI=1S/C14H19NO4/c1-14(2,3)19-12(16)7-6-10-11(17-4)8-9-15-13(10)18-5/h6-9H,1-5H3/b7-6+. The van der Waals surface area contributed by atoms with Crippen LogP contribution in [0.15, 0.2) is 18.3 Å². The minimum absolute atomic E-state index is 0.388. The van der Waals surface area contributed by atoms with E-state index in [0.29, 0.717) is 17.2 Å². The molecule has 0 saturated heterocycles. The van der Waals surface area contributed by atoms with Crippen molar-refractivity contribution >= 4 is 12.0 Å². The molecule has 1 heterocycles. The molecule has 1 aromatic rings. The van der Waals surface area contributed by atoms with Crippen molar-refractivity contribution in [3.05, 3.63) is 23.9 Å². The highest BCUT2D eigenvalue weighted by atomic mass is 16.6. The Labute approximate surface area is 113 Å². The number of ether oxygens (including phenoxy) is 3. The molecule has 0 aliphatic rings. The van der Waals surface area contributed by atoms with E-state index in [1.165, 1.54) is 13.2 Å². The van der Waals surface area contributed by atoms with Crippen molar-refractivity contribution in [2.75, 3.05) is 14.2 Å². The van der Waals surface area contributed by atoms with Crippen molar-refractivity contribution in [3.63, 3.8) is 0 Å².